The maximum atomic E-state index is 4.45. The third kappa shape index (κ3) is 1.41. The van der Waals surface area contributed by atoms with Crippen molar-refractivity contribution in [1.29, 1.82) is 0 Å². The van der Waals surface area contributed by atoms with Crippen molar-refractivity contribution in [3.63, 3.8) is 0 Å². The van der Waals surface area contributed by atoms with Crippen LogP contribution in [-0.4, -0.2) is 19.7 Å². The van der Waals surface area contributed by atoms with Crippen molar-refractivity contribution in [2.75, 3.05) is 0 Å². The fraction of sp³-hybridized carbons (Fsp3) is 0.444. The normalized spacial score (nSPS) is 11.5. The quantitative estimate of drug-likeness (QED) is 0.784. The number of hydrogen-bond donors (Lipinski definition) is 0. The molecule has 0 aliphatic rings. The number of aromatic nitrogens is 4. The Balaban J connectivity index is 2.71. The van der Waals surface area contributed by atoms with Crippen molar-refractivity contribution in [2.24, 2.45) is 7.05 Å². The van der Waals surface area contributed by atoms with Gasteiger partial charge in [-0.1, -0.05) is 13.8 Å². The molecular weight excluding hydrogens is 244 g/mol. The first-order valence-corrected chi connectivity index (χ1v) is 5.24. The molecule has 0 radical (unpaired) electrons. The van der Waals surface area contributed by atoms with Crippen LogP contribution < -0.4 is 0 Å². The van der Waals surface area contributed by atoms with Gasteiger partial charge in [-0.25, -0.2) is 14.6 Å². The van der Waals surface area contributed by atoms with Gasteiger partial charge in [-0.2, -0.15) is 5.10 Å². The van der Waals surface area contributed by atoms with Gasteiger partial charge in [-0.05, 0) is 15.9 Å². The zero-order valence-electron chi connectivity index (χ0n) is 8.32. The first-order chi connectivity index (χ1) is 6.59. The molecule has 0 amide bonds. The van der Waals surface area contributed by atoms with Gasteiger partial charge in [0.15, 0.2) is 5.65 Å². The second kappa shape index (κ2) is 3.31. The average molecular weight is 255 g/mol. The van der Waals surface area contributed by atoms with E-state index in [9.17, 15) is 0 Å². The Morgan fingerprint density at radius 2 is 2.14 bits per heavy atom. The highest BCUT2D eigenvalue weighted by Gasteiger charge is 2.10. The van der Waals surface area contributed by atoms with Crippen molar-refractivity contribution < 1.29 is 0 Å². The minimum atomic E-state index is 0.341. The second-order valence-electron chi connectivity index (χ2n) is 3.53. The molecule has 0 atom stereocenters. The molecule has 0 unspecified atom stereocenters. The second-order valence-corrected chi connectivity index (χ2v) is 4.29. The Morgan fingerprint density at radius 1 is 1.43 bits per heavy atom. The first-order valence-electron chi connectivity index (χ1n) is 4.44. The number of aryl methyl sites for hydroxylation is 1. The monoisotopic (exact) mass is 254 g/mol. The van der Waals surface area contributed by atoms with E-state index in [0.29, 0.717) is 5.92 Å². The van der Waals surface area contributed by atoms with Crippen LogP contribution in [0.25, 0.3) is 11.0 Å². The number of halogens is 1. The molecule has 2 aromatic rings. The standard InChI is InChI=1S/C9H11BrN4/c1-5(2)8-11-4-6-7(10)13-14(3)9(6)12-8/h4-5H,1-3H3. The first kappa shape index (κ1) is 9.58. The maximum absolute atomic E-state index is 4.45. The fourth-order valence-corrected chi connectivity index (χ4v) is 1.81. The summed E-state index contributed by atoms with van der Waals surface area (Å²) in [5.74, 6) is 1.20. The lowest BCUT2D eigenvalue weighted by Crippen LogP contribution is -1.99. The van der Waals surface area contributed by atoms with Crippen LogP contribution in [0.2, 0.25) is 0 Å². The molecule has 4 nitrogen and oxygen atoms in total. The van der Waals surface area contributed by atoms with Crippen LogP contribution in [0.15, 0.2) is 10.8 Å². The van der Waals surface area contributed by atoms with Crippen LogP contribution in [0.4, 0.5) is 0 Å². The highest BCUT2D eigenvalue weighted by Crippen LogP contribution is 2.21. The van der Waals surface area contributed by atoms with Gasteiger partial charge in [0.25, 0.3) is 0 Å². The zero-order chi connectivity index (χ0) is 10.3. The van der Waals surface area contributed by atoms with E-state index in [2.05, 4.69) is 44.8 Å². The van der Waals surface area contributed by atoms with E-state index >= 15 is 0 Å². The number of nitrogens with zero attached hydrogens (tertiary/aromatic N) is 4. The topological polar surface area (TPSA) is 43.6 Å². The predicted molar refractivity (Wildman–Crippen MR) is 58.1 cm³/mol. The summed E-state index contributed by atoms with van der Waals surface area (Å²) in [6.07, 6.45) is 1.81. The molecule has 0 saturated carbocycles. The van der Waals surface area contributed by atoms with E-state index in [1.54, 1.807) is 4.68 Å². The SMILES string of the molecule is CC(C)c1ncc2c(Br)nn(C)c2n1. The summed E-state index contributed by atoms with van der Waals surface area (Å²) in [5.41, 5.74) is 0.871. The fourth-order valence-electron chi connectivity index (χ4n) is 1.29. The molecule has 5 heteroatoms. The van der Waals surface area contributed by atoms with Gasteiger partial charge in [-0.3, -0.25) is 0 Å². The van der Waals surface area contributed by atoms with Gasteiger partial charge < -0.3 is 0 Å². The molecule has 0 bridgehead atoms. The van der Waals surface area contributed by atoms with Crippen LogP contribution in [0.3, 0.4) is 0 Å². The predicted octanol–water partition coefficient (Wildman–Crippen LogP) is 2.25. The van der Waals surface area contributed by atoms with Gasteiger partial charge >= 0.3 is 0 Å². The van der Waals surface area contributed by atoms with E-state index in [1.165, 1.54) is 0 Å². The Morgan fingerprint density at radius 3 is 2.79 bits per heavy atom. The van der Waals surface area contributed by atoms with E-state index in [0.717, 1.165) is 21.5 Å². The van der Waals surface area contributed by atoms with Gasteiger partial charge in [0.1, 0.15) is 10.4 Å². The van der Waals surface area contributed by atoms with Crippen molar-refractivity contribution in [3.8, 4) is 0 Å². The highest BCUT2D eigenvalue weighted by atomic mass is 79.9. The average Bonchev–Trinajstić information content (AvgIpc) is 2.42. The van der Waals surface area contributed by atoms with E-state index < -0.39 is 0 Å². The smallest absolute Gasteiger partial charge is 0.162 e. The molecule has 0 spiro atoms. The number of fused-ring (bicyclic) bond motifs is 1. The number of hydrogen-bond acceptors (Lipinski definition) is 3. The largest absolute Gasteiger partial charge is 0.249 e. The van der Waals surface area contributed by atoms with Gasteiger partial charge in [0, 0.05) is 19.2 Å². The summed E-state index contributed by atoms with van der Waals surface area (Å²) in [7, 11) is 1.88. The summed E-state index contributed by atoms with van der Waals surface area (Å²) in [6, 6.07) is 0. The van der Waals surface area contributed by atoms with E-state index in [-0.39, 0.29) is 0 Å². The van der Waals surface area contributed by atoms with Crippen LogP contribution >= 0.6 is 15.9 Å². The summed E-state index contributed by atoms with van der Waals surface area (Å²) in [5, 5.41) is 5.18. The van der Waals surface area contributed by atoms with Crippen LogP contribution in [-0.2, 0) is 7.05 Å². The molecule has 0 aliphatic carbocycles. The van der Waals surface area contributed by atoms with Crippen molar-refractivity contribution >= 4 is 27.0 Å². The van der Waals surface area contributed by atoms with E-state index in [1.807, 2.05) is 13.2 Å². The molecular formula is C9H11BrN4. The third-order valence-electron chi connectivity index (χ3n) is 2.07. The van der Waals surface area contributed by atoms with Crippen molar-refractivity contribution in [1.82, 2.24) is 19.7 Å². The summed E-state index contributed by atoms with van der Waals surface area (Å²) < 4.78 is 2.55. The third-order valence-corrected chi connectivity index (χ3v) is 2.66. The van der Waals surface area contributed by atoms with Crippen LogP contribution in [0, 0.1) is 0 Å². The Hall–Kier alpha value is -0.970. The lowest BCUT2D eigenvalue weighted by molar-refractivity contribution is 0.749. The summed E-state index contributed by atoms with van der Waals surface area (Å²) in [4.78, 5) is 8.74. The molecule has 2 aromatic heterocycles. The van der Waals surface area contributed by atoms with Gasteiger partial charge in [0.05, 0.1) is 5.39 Å². The maximum Gasteiger partial charge on any atom is 0.162 e. The van der Waals surface area contributed by atoms with Gasteiger partial charge in [-0.15, -0.1) is 0 Å². The molecule has 14 heavy (non-hydrogen) atoms. The lowest BCUT2D eigenvalue weighted by Gasteiger charge is -2.02. The minimum Gasteiger partial charge on any atom is -0.249 e. The molecule has 74 valence electrons. The summed E-state index contributed by atoms with van der Waals surface area (Å²) >= 11 is 3.37. The highest BCUT2D eigenvalue weighted by molar-refractivity contribution is 9.10. The number of rotatable bonds is 1. The molecule has 0 aromatic carbocycles. The van der Waals surface area contributed by atoms with Gasteiger partial charge in [0.2, 0.25) is 0 Å². The molecule has 2 heterocycles. The molecule has 0 saturated heterocycles. The zero-order valence-corrected chi connectivity index (χ0v) is 9.91. The molecule has 0 N–H and O–H groups in total. The van der Waals surface area contributed by atoms with Crippen molar-refractivity contribution in [3.05, 3.63) is 16.6 Å². The summed E-state index contributed by atoms with van der Waals surface area (Å²) in [6.45, 7) is 4.15. The van der Waals surface area contributed by atoms with Crippen molar-refractivity contribution in [2.45, 2.75) is 19.8 Å². The molecule has 2 rings (SSSR count). The van der Waals surface area contributed by atoms with Crippen LogP contribution in [0.5, 0.6) is 0 Å². The van der Waals surface area contributed by atoms with E-state index in [4.69, 9.17) is 0 Å². The Labute approximate surface area is 90.5 Å². The minimum absolute atomic E-state index is 0.341. The Bertz CT molecular complexity index is 475. The van der Waals surface area contributed by atoms with Crippen LogP contribution in [0.1, 0.15) is 25.6 Å². The Kier molecular flexibility index (Phi) is 2.26. The molecule has 0 aliphatic heterocycles. The lowest BCUT2D eigenvalue weighted by atomic mass is 10.2. The molecule has 0 fully saturated rings.